The first-order valence-corrected chi connectivity index (χ1v) is 6.31. The molecule has 1 aliphatic carbocycles. The standard InChI is InChI=1S/C6H11BrO3S/c1-11(9,10)6(7)5(8)4-2-3-4/h4-6,8H,2-3H2,1H3/t5-,6-/m1/s1. The molecule has 0 aromatic rings. The van der Waals surface area contributed by atoms with E-state index in [1.165, 1.54) is 0 Å². The van der Waals surface area contributed by atoms with Crippen molar-refractivity contribution in [1.29, 1.82) is 0 Å². The van der Waals surface area contributed by atoms with E-state index in [2.05, 4.69) is 15.9 Å². The van der Waals surface area contributed by atoms with Crippen molar-refractivity contribution in [3.63, 3.8) is 0 Å². The van der Waals surface area contributed by atoms with Crippen molar-refractivity contribution >= 4 is 25.8 Å². The Morgan fingerprint density at radius 3 is 2.27 bits per heavy atom. The molecule has 0 amide bonds. The highest BCUT2D eigenvalue weighted by Gasteiger charge is 2.38. The molecule has 66 valence electrons. The SMILES string of the molecule is CS(=O)(=O)[C@@H](Br)[C@H](O)C1CC1. The minimum Gasteiger partial charge on any atom is -0.391 e. The highest BCUT2D eigenvalue weighted by molar-refractivity contribution is 9.11. The Bertz CT molecular complexity index is 232. The number of halogens is 1. The largest absolute Gasteiger partial charge is 0.391 e. The van der Waals surface area contributed by atoms with Gasteiger partial charge < -0.3 is 5.11 Å². The molecule has 1 aliphatic rings. The molecule has 0 aromatic carbocycles. The van der Waals surface area contributed by atoms with Crippen LogP contribution in [0.2, 0.25) is 0 Å². The van der Waals surface area contributed by atoms with Crippen LogP contribution in [-0.4, -0.2) is 30.0 Å². The Hall–Kier alpha value is 0.390. The molecule has 2 atom stereocenters. The summed E-state index contributed by atoms with van der Waals surface area (Å²) in [7, 11) is -3.14. The molecule has 0 aromatic heterocycles. The van der Waals surface area contributed by atoms with Crippen LogP contribution in [0.4, 0.5) is 0 Å². The third-order valence-electron chi connectivity index (χ3n) is 1.78. The van der Waals surface area contributed by atoms with Crippen molar-refractivity contribution in [2.24, 2.45) is 5.92 Å². The van der Waals surface area contributed by atoms with Gasteiger partial charge >= 0.3 is 0 Å². The smallest absolute Gasteiger partial charge is 0.162 e. The van der Waals surface area contributed by atoms with E-state index in [9.17, 15) is 13.5 Å². The van der Waals surface area contributed by atoms with E-state index in [4.69, 9.17) is 0 Å². The zero-order valence-corrected chi connectivity index (χ0v) is 8.60. The summed E-state index contributed by atoms with van der Waals surface area (Å²) in [5, 5.41) is 9.37. The van der Waals surface area contributed by atoms with Gasteiger partial charge in [0.2, 0.25) is 0 Å². The zero-order valence-electron chi connectivity index (χ0n) is 6.20. The second-order valence-corrected chi connectivity index (χ2v) is 6.77. The molecule has 5 heteroatoms. The summed E-state index contributed by atoms with van der Waals surface area (Å²) in [5.41, 5.74) is 0. The zero-order chi connectivity index (χ0) is 8.65. The fraction of sp³-hybridized carbons (Fsp3) is 1.00. The molecular formula is C6H11BrO3S. The van der Waals surface area contributed by atoms with Crippen LogP contribution in [0.5, 0.6) is 0 Å². The van der Waals surface area contributed by atoms with E-state index in [1.807, 2.05) is 0 Å². The van der Waals surface area contributed by atoms with Gasteiger partial charge in [0.05, 0.1) is 6.10 Å². The number of rotatable bonds is 3. The summed E-state index contributed by atoms with van der Waals surface area (Å²) in [6, 6.07) is 0. The van der Waals surface area contributed by atoms with Gasteiger partial charge in [0.1, 0.15) is 4.16 Å². The van der Waals surface area contributed by atoms with Crippen molar-refractivity contribution in [2.45, 2.75) is 23.1 Å². The molecule has 1 N–H and O–H groups in total. The van der Waals surface area contributed by atoms with Crippen LogP contribution in [0.15, 0.2) is 0 Å². The summed E-state index contributed by atoms with van der Waals surface area (Å²) in [6.07, 6.45) is 2.28. The lowest BCUT2D eigenvalue weighted by Gasteiger charge is -2.13. The maximum atomic E-state index is 10.9. The fourth-order valence-corrected chi connectivity index (χ4v) is 2.07. The van der Waals surface area contributed by atoms with Crippen LogP contribution in [0.3, 0.4) is 0 Å². The molecule has 0 aliphatic heterocycles. The first-order chi connectivity index (χ1) is 4.93. The summed E-state index contributed by atoms with van der Waals surface area (Å²) in [6.45, 7) is 0. The van der Waals surface area contributed by atoms with E-state index in [1.54, 1.807) is 0 Å². The predicted molar refractivity (Wildman–Crippen MR) is 46.3 cm³/mol. The van der Waals surface area contributed by atoms with Crippen molar-refractivity contribution in [1.82, 2.24) is 0 Å². The topological polar surface area (TPSA) is 54.4 Å². The number of hydrogen-bond donors (Lipinski definition) is 1. The van der Waals surface area contributed by atoms with Crippen LogP contribution in [-0.2, 0) is 9.84 Å². The van der Waals surface area contributed by atoms with Crippen molar-refractivity contribution in [3.05, 3.63) is 0 Å². The monoisotopic (exact) mass is 242 g/mol. The molecule has 3 nitrogen and oxygen atoms in total. The van der Waals surface area contributed by atoms with E-state index >= 15 is 0 Å². The number of aliphatic hydroxyl groups is 1. The van der Waals surface area contributed by atoms with Gasteiger partial charge in [-0.05, 0) is 18.8 Å². The normalized spacial score (nSPS) is 24.6. The number of alkyl halides is 1. The molecule has 0 bridgehead atoms. The Morgan fingerprint density at radius 1 is 1.55 bits per heavy atom. The Balaban J connectivity index is 2.59. The van der Waals surface area contributed by atoms with E-state index in [0.717, 1.165) is 19.1 Å². The Morgan fingerprint density at radius 2 is 2.00 bits per heavy atom. The van der Waals surface area contributed by atoms with Crippen LogP contribution in [0.1, 0.15) is 12.8 Å². The summed E-state index contributed by atoms with van der Waals surface area (Å²) in [4.78, 5) is 0. The van der Waals surface area contributed by atoms with Gasteiger partial charge in [-0.15, -0.1) is 0 Å². The lowest BCUT2D eigenvalue weighted by atomic mass is 10.3. The highest BCUT2D eigenvalue weighted by atomic mass is 79.9. The average Bonchev–Trinajstić information content (AvgIpc) is 2.63. The van der Waals surface area contributed by atoms with E-state index in [0.29, 0.717) is 0 Å². The van der Waals surface area contributed by atoms with Crippen molar-refractivity contribution in [2.75, 3.05) is 6.26 Å². The van der Waals surface area contributed by atoms with E-state index < -0.39 is 20.1 Å². The summed E-state index contributed by atoms with van der Waals surface area (Å²) in [5.74, 6) is 0.189. The molecule has 1 rings (SSSR count). The molecule has 11 heavy (non-hydrogen) atoms. The second kappa shape index (κ2) is 3.03. The first kappa shape index (κ1) is 9.48. The van der Waals surface area contributed by atoms with Gasteiger partial charge in [-0.3, -0.25) is 0 Å². The van der Waals surface area contributed by atoms with Gasteiger partial charge in [-0.25, -0.2) is 8.42 Å². The summed E-state index contributed by atoms with van der Waals surface area (Å²) < 4.78 is 21.0. The average molecular weight is 243 g/mol. The summed E-state index contributed by atoms with van der Waals surface area (Å²) >= 11 is 2.97. The molecule has 1 saturated carbocycles. The fourth-order valence-electron chi connectivity index (χ4n) is 0.905. The minimum absolute atomic E-state index is 0.189. The molecule has 0 heterocycles. The quantitative estimate of drug-likeness (QED) is 0.735. The molecule has 0 radical (unpaired) electrons. The second-order valence-electron chi connectivity index (χ2n) is 3.01. The number of hydrogen-bond acceptors (Lipinski definition) is 3. The van der Waals surface area contributed by atoms with Gasteiger partial charge in [0.15, 0.2) is 9.84 Å². The maximum Gasteiger partial charge on any atom is 0.162 e. The van der Waals surface area contributed by atoms with Gasteiger partial charge in [-0.2, -0.15) is 0 Å². The molecule has 0 spiro atoms. The maximum absolute atomic E-state index is 10.9. The van der Waals surface area contributed by atoms with Crippen LogP contribution < -0.4 is 0 Å². The lowest BCUT2D eigenvalue weighted by Crippen LogP contribution is -2.29. The Kier molecular flexibility index (Phi) is 2.61. The van der Waals surface area contributed by atoms with Gasteiger partial charge in [-0.1, -0.05) is 15.9 Å². The third kappa shape index (κ3) is 2.42. The molecule has 0 saturated heterocycles. The van der Waals surface area contributed by atoms with Crippen molar-refractivity contribution in [3.8, 4) is 0 Å². The number of sulfone groups is 1. The number of aliphatic hydroxyl groups excluding tert-OH is 1. The molecular weight excluding hydrogens is 232 g/mol. The predicted octanol–water partition coefficient (Wildman–Crippen LogP) is 0.523. The minimum atomic E-state index is -3.14. The first-order valence-electron chi connectivity index (χ1n) is 3.44. The van der Waals surface area contributed by atoms with E-state index in [-0.39, 0.29) is 5.92 Å². The Labute approximate surface area is 74.8 Å². The van der Waals surface area contributed by atoms with Crippen molar-refractivity contribution < 1.29 is 13.5 Å². The van der Waals surface area contributed by atoms with Crippen LogP contribution in [0, 0.1) is 5.92 Å². The van der Waals surface area contributed by atoms with Crippen LogP contribution >= 0.6 is 15.9 Å². The third-order valence-corrected chi connectivity index (χ3v) is 5.46. The van der Waals surface area contributed by atoms with Crippen LogP contribution in [0.25, 0.3) is 0 Å². The van der Waals surface area contributed by atoms with Gasteiger partial charge in [0.25, 0.3) is 0 Å². The molecule has 0 unspecified atom stereocenters. The lowest BCUT2D eigenvalue weighted by molar-refractivity contribution is 0.167. The van der Waals surface area contributed by atoms with Gasteiger partial charge in [0, 0.05) is 6.26 Å². The highest BCUT2D eigenvalue weighted by Crippen LogP contribution is 2.36. The molecule has 1 fully saturated rings.